The Morgan fingerprint density at radius 1 is 1.10 bits per heavy atom. The number of thioether (sulfide) groups is 1. The van der Waals surface area contributed by atoms with Crippen LogP contribution in [0.1, 0.15) is 57.8 Å². The average Bonchev–Trinajstić information content (AvgIpc) is 3.04. The van der Waals surface area contributed by atoms with E-state index in [-0.39, 0.29) is 6.42 Å². The number of fused-ring (bicyclic) bond motifs is 2. The predicted molar refractivity (Wildman–Crippen MR) is 86.5 cm³/mol. The van der Waals surface area contributed by atoms with Gasteiger partial charge in [0.05, 0.1) is 0 Å². The molecule has 2 fully saturated rings. The highest BCUT2D eigenvalue weighted by molar-refractivity contribution is 8.01. The lowest BCUT2D eigenvalue weighted by molar-refractivity contribution is -0.137. The van der Waals surface area contributed by atoms with Crippen LogP contribution in [0.3, 0.4) is 0 Å². The van der Waals surface area contributed by atoms with E-state index >= 15 is 0 Å². The van der Waals surface area contributed by atoms with Crippen molar-refractivity contribution in [3.8, 4) is 0 Å². The molecule has 2 bridgehead atoms. The highest BCUT2D eigenvalue weighted by atomic mass is 32.2. The molecule has 0 saturated carbocycles. The van der Waals surface area contributed by atoms with Crippen molar-refractivity contribution in [1.82, 2.24) is 0 Å². The Balaban J connectivity index is 1.73. The van der Waals surface area contributed by atoms with E-state index in [1.165, 1.54) is 19.3 Å². The summed E-state index contributed by atoms with van der Waals surface area (Å²) >= 11 is 2.18. The van der Waals surface area contributed by atoms with Crippen LogP contribution in [0.25, 0.3) is 0 Å². The molecule has 4 atom stereocenters. The molecule has 0 amide bonds. The van der Waals surface area contributed by atoms with Crippen molar-refractivity contribution in [2.45, 2.75) is 68.3 Å². The van der Waals surface area contributed by atoms with E-state index in [1.807, 2.05) is 0 Å². The minimum atomic E-state index is -0.705. The molecular weight excluding hydrogens is 284 g/mol. The first-order valence-corrected chi connectivity index (χ1v) is 9.12. The van der Waals surface area contributed by atoms with Gasteiger partial charge in [-0.15, -0.1) is 0 Å². The van der Waals surface area contributed by atoms with Crippen molar-refractivity contribution >= 4 is 24.0 Å². The molecule has 0 aromatic rings. The van der Waals surface area contributed by atoms with Crippen LogP contribution in [0, 0.1) is 11.8 Å². The summed E-state index contributed by atoms with van der Waals surface area (Å²) in [5.41, 5.74) is 0. The van der Waals surface area contributed by atoms with Gasteiger partial charge in [0, 0.05) is 23.3 Å². The lowest BCUT2D eigenvalue weighted by atomic mass is 9.75. The van der Waals surface area contributed by atoms with Gasteiger partial charge in [0.25, 0.3) is 0 Å². The SMILES string of the molecule is O=CCCC[C@H]1[C@@H](C/C=C\CCCC(=O)O)[C@H]2CC[C@@H]1S2. The summed E-state index contributed by atoms with van der Waals surface area (Å²) in [6.45, 7) is 0. The van der Waals surface area contributed by atoms with Gasteiger partial charge in [0.15, 0.2) is 0 Å². The fraction of sp³-hybridized carbons (Fsp3) is 0.765. The van der Waals surface area contributed by atoms with Crippen molar-refractivity contribution in [2.75, 3.05) is 0 Å². The van der Waals surface area contributed by atoms with Gasteiger partial charge >= 0.3 is 5.97 Å². The van der Waals surface area contributed by atoms with Gasteiger partial charge in [-0.2, -0.15) is 11.8 Å². The number of hydrogen-bond donors (Lipinski definition) is 1. The number of aldehydes is 1. The Labute approximate surface area is 131 Å². The molecule has 2 aliphatic heterocycles. The number of allylic oxidation sites excluding steroid dienone is 2. The van der Waals surface area contributed by atoms with Gasteiger partial charge in [-0.3, -0.25) is 4.79 Å². The first kappa shape index (κ1) is 16.6. The molecule has 0 spiro atoms. The molecule has 0 aromatic heterocycles. The first-order chi connectivity index (χ1) is 10.2. The topological polar surface area (TPSA) is 54.4 Å². The number of carboxylic acid groups (broad SMARTS) is 1. The fourth-order valence-electron chi connectivity index (χ4n) is 3.78. The lowest BCUT2D eigenvalue weighted by Gasteiger charge is -2.29. The van der Waals surface area contributed by atoms with Gasteiger partial charge in [0.1, 0.15) is 6.29 Å². The number of carboxylic acids is 1. The maximum Gasteiger partial charge on any atom is 0.303 e. The summed E-state index contributed by atoms with van der Waals surface area (Å²) in [5.74, 6) is 0.858. The van der Waals surface area contributed by atoms with Crippen LogP contribution >= 0.6 is 11.8 Å². The Bertz CT molecular complexity index is 380. The standard InChI is InChI=1S/C17H26O3S/c18-12-6-5-8-14-13(15-10-11-16(14)21-15)7-3-1-2-4-9-17(19)20/h1,3,12-16H,2,4-11H2,(H,19,20)/b3-1-/t13-,14+,15-,16+/m1/s1. The molecule has 2 heterocycles. The van der Waals surface area contributed by atoms with Crippen molar-refractivity contribution in [3.05, 3.63) is 12.2 Å². The third-order valence-corrected chi connectivity index (χ3v) is 6.66. The number of rotatable bonds is 10. The zero-order chi connectivity index (χ0) is 15.1. The molecular formula is C17H26O3S. The van der Waals surface area contributed by atoms with E-state index in [0.717, 1.165) is 54.3 Å². The highest BCUT2D eigenvalue weighted by Gasteiger charge is 2.46. The van der Waals surface area contributed by atoms with Gasteiger partial charge in [-0.1, -0.05) is 12.2 Å². The second-order valence-electron chi connectivity index (χ2n) is 6.21. The molecule has 21 heavy (non-hydrogen) atoms. The van der Waals surface area contributed by atoms with Crippen LogP contribution in [-0.4, -0.2) is 27.9 Å². The molecule has 118 valence electrons. The Morgan fingerprint density at radius 3 is 2.57 bits per heavy atom. The fourth-order valence-corrected chi connectivity index (χ4v) is 5.82. The van der Waals surface area contributed by atoms with Crippen LogP contribution in [0.4, 0.5) is 0 Å². The zero-order valence-electron chi connectivity index (χ0n) is 12.6. The second-order valence-corrected chi connectivity index (χ2v) is 7.69. The second kappa shape index (κ2) is 8.62. The van der Waals surface area contributed by atoms with E-state index in [1.54, 1.807) is 0 Å². The quantitative estimate of drug-likeness (QED) is 0.375. The largest absolute Gasteiger partial charge is 0.481 e. The summed E-state index contributed by atoms with van der Waals surface area (Å²) in [6.07, 6.45) is 14.1. The minimum absolute atomic E-state index is 0.267. The Morgan fingerprint density at radius 2 is 1.86 bits per heavy atom. The van der Waals surface area contributed by atoms with E-state index in [9.17, 15) is 9.59 Å². The monoisotopic (exact) mass is 310 g/mol. The van der Waals surface area contributed by atoms with Crippen LogP contribution in [-0.2, 0) is 9.59 Å². The normalized spacial score (nSPS) is 31.0. The number of unbranched alkanes of at least 4 members (excludes halogenated alkanes) is 2. The molecule has 0 aliphatic carbocycles. The van der Waals surface area contributed by atoms with Gasteiger partial charge < -0.3 is 9.90 Å². The molecule has 2 rings (SSSR count). The van der Waals surface area contributed by atoms with E-state index < -0.39 is 5.97 Å². The Kier molecular flexibility index (Phi) is 6.81. The van der Waals surface area contributed by atoms with Crippen molar-refractivity contribution in [1.29, 1.82) is 0 Å². The lowest BCUT2D eigenvalue weighted by Crippen LogP contribution is -2.26. The van der Waals surface area contributed by atoms with Gasteiger partial charge in [0.2, 0.25) is 0 Å². The highest BCUT2D eigenvalue weighted by Crippen LogP contribution is 2.55. The zero-order valence-corrected chi connectivity index (χ0v) is 13.4. The third kappa shape index (κ3) is 4.87. The van der Waals surface area contributed by atoms with Gasteiger partial charge in [-0.25, -0.2) is 0 Å². The van der Waals surface area contributed by atoms with Gasteiger partial charge in [-0.05, 0) is 56.8 Å². The average molecular weight is 310 g/mol. The maximum atomic E-state index is 10.5. The summed E-state index contributed by atoms with van der Waals surface area (Å²) in [7, 11) is 0. The summed E-state index contributed by atoms with van der Waals surface area (Å²) in [5, 5.41) is 10.2. The van der Waals surface area contributed by atoms with Crippen LogP contribution in [0.2, 0.25) is 0 Å². The molecule has 4 heteroatoms. The molecule has 3 nitrogen and oxygen atoms in total. The number of hydrogen-bond acceptors (Lipinski definition) is 3. The van der Waals surface area contributed by atoms with Crippen molar-refractivity contribution < 1.29 is 14.7 Å². The van der Waals surface area contributed by atoms with E-state index in [4.69, 9.17) is 5.11 Å². The van der Waals surface area contributed by atoms with E-state index in [2.05, 4.69) is 23.9 Å². The van der Waals surface area contributed by atoms with E-state index in [0.29, 0.717) is 6.42 Å². The first-order valence-electron chi connectivity index (χ1n) is 8.18. The number of aliphatic carboxylic acids is 1. The molecule has 0 aromatic carbocycles. The van der Waals surface area contributed by atoms with Crippen molar-refractivity contribution in [3.63, 3.8) is 0 Å². The smallest absolute Gasteiger partial charge is 0.303 e. The number of carbonyl (C=O) groups excluding carboxylic acids is 1. The summed E-state index contributed by atoms with van der Waals surface area (Å²) in [6, 6.07) is 0. The van der Waals surface area contributed by atoms with Crippen molar-refractivity contribution in [2.24, 2.45) is 11.8 Å². The molecule has 2 aliphatic rings. The molecule has 1 N–H and O–H groups in total. The minimum Gasteiger partial charge on any atom is -0.481 e. The maximum absolute atomic E-state index is 10.5. The molecule has 0 radical (unpaired) electrons. The Hall–Kier alpha value is -0.770. The summed E-state index contributed by atoms with van der Waals surface area (Å²) in [4.78, 5) is 20.9. The summed E-state index contributed by atoms with van der Waals surface area (Å²) < 4.78 is 0. The molecule has 2 saturated heterocycles. The number of carbonyl (C=O) groups is 2. The third-order valence-electron chi connectivity index (χ3n) is 4.79. The van der Waals surface area contributed by atoms with Crippen LogP contribution < -0.4 is 0 Å². The molecule has 0 unspecified atom stereocenters. The van der Waals surface area contributed by atoms with Crippen LogP contribution in [0.15, 0.2) is 12.2 Å². The predicted octanol–water partition coefficient (Wildman–Crippen LogP) is 4.07. The van der Waals surface area contributed by atoms with Crippen LogP contribution in [0.5, 0.6) is 0 Å².